The molecule has 0 radical (unpaired) electrons. The summed E-state index contributed by atoms with van der Waals surface area (Å²) in [6.07, 6.45) is 17.6. The Kier molecular flexibility index (Phi) is 5.62. The highest BCUT2D eigenvalue weighted by molar-refractivity contribution is 6.08. The molecule has 0 saturated carbocycles. The fourth-order valence-electron chi connectivity index (χ4n) is 10.1. The number of fused-ring (bicyclic) bond motifs is 3. The van der Waals surface area contributed by atoms with Gasteiger partial charge in [-0.2, -0.15) is 0 Å². The van der Waals surface area contributed by atoms with Gasteiger partial charge in [0.1, 0.15) is 0 Å². The van der Waals surface area contributed by atoms with Crippen LogP contribution >= 0.6 is 0 Å². The molecule has 0 saturated heterocycles. The standard InChI is InChI=1S/C49H38/c1-49(2)44-27-35(34-9-4-10-36(26-34)38-21-16-32-14-12-29-8-5-11-42(38)46(29)32)19-23-40(44)41-24-20-37(28-45(41)49)39-22-17-33-15-13-30-6-3-7-31-18-25-43(39)48(33)47(30)31/h3-5,7,9-11,13,16-29H,6,8,12,14-15H2,1-2H3. The van der Waals surface area contributed by atoms with E-state index >= 15 is 0 Å². The number of aryl methyl sites for hydroxylation is 1. The van der Waals surface area contributed by atoms with Crippen molar-refractivity contribution in [2.45, 2.75) is 57.3 Å². The number of hydrogen-bond acceptors (Lipinski definition) is 0. The molecule has 0 heteroatoms. The van der Waals surface area contributed by atoms with Crippen LogP contribution in [0.15, 0.2) is 115 Å². The average Bonchev–Trinajstić information content (AvgIpc) is 3.67. The Labute approximate surface area is 289 Å². The number of hydrogen-bond donors (Lipinski definition) is 0. The molecule has 6 aromatic carbocycles. The van der Waals surface area contributed by atoms with E-state index in [9.17, 15) is 0 Å². The van der Waals surface area contributed by atoms with Crippen LogP contribution in [0.3, 0.4) is 0 Å². The van der Waals surface area contributed by atoms with Gasteiger partial charge in [-0.3, -0.25) is 0 Å². The molecule has 1 atom stereocenters. The molecule has 0 spiro atoms. The minimum absolute atomic E-state index is 0.0979. The van der Waals surface area contributed by atoms with Gasteiger partial charge in [0.15, 0.2) is 0 Å². The summed E-state index contributed by atoms with van der Waals surface area (Å²) in [4.78, 5) is 0. The molecular weight excluding hydrogens is 589 g/mol. The predicted octanol–water partition coefficient (Wildman–Crippen LogP) is 13.0. The molecule has 0 nitrogen and oxygen atoms in total. The summed E-state index contributed by atoms with van der Waals surface area (Å²) >= 11 is 0. The van der Waals surface area contributed by atoms with E-state index in [4.69, 9.17) is 0 Å². The Morgan fingerprint density at radius 1 is 0.612 bits per heavy atom. The second-order valence-corrected chi connectivity index (χ2v) is 15.5. The number of allylic oxidation sites excluding steroid dienone is 4. The van der Waals surface area contributed by atoms with E-state index in [2.05, 4.69) is 141 Å². The maximum atomic E-state index is 2.49. The zero-order valence-electron chi connectivity index (χ0n) is 28.2. The molecule has 5 aliphatic rings. The lowest BCUT2D eigenvalue weighted by Gasteiger charge is -2.25. The molecule has 0 fully saturated rings. The van der Waals surface area contributed by atoms with Crippen molar-refractivity contribution in [1.29, 1.82) is 0 Å². The molecule has 1 unspecified atom stereocenters. The molecular formula is C49H38. The predicted molar refractivity (Wildman–Crippen MR) is 208 cm³/mol. The lowest BCUT2D eigenvalue weighted by Crippen LogP contribution is -2.15. The molecule has 5 aliphatic carbocycles. The maximum absolute atomic E-state index is 2.49. The summed E-state index contributed by atoms with van der Waals surface area (Å²) in [5.74, 6) is 0.705. The third kappa shape index (κ3) is 3.86. The maximum Gasteiger partial charge on any atom is 0.0159 e. The summed E-state index contributed by atoms with van der Waals surface area (Å²) in [7, 11) is 0. The van der Waals surface area contributed by atoms with Gasteiger partial charge in [0.2, 0.25) is 0 Å². The molecule has 11 rings (SSSR count). The lowest BCUT2D eigenvalue weighted by atomic mass is 9.78. The van der Waals surface area contributed by atoms with Crippen LogP contribution in [0.4, 0.5) is 0 Å². The fourth-order valence-corrected chi connectivity index (χ4v) is 10.1. The van der Waals surface area contributed by atoms with Crippen LogP contribution < -0.4 is 0 Å². The fraction of sp³-hybridized carbons (Fsp3) is 0.184. The Bertz CT molecular complexity index is 2540. The molecule has 49 heavy (non-hydrogen) atoms. The van der Waals surface area contributed by atoms with Crippen LogP contribution in [-0.4, -0.2) is 0 Å². The summed E-state index contributed by atoms with van der Waals surface area (Å²) in [6.45, 7) is 4.83. The van der Waals surface area contributed by atoms with Gasteiger partial charge >= 0.3 is 0 Å². The van der Waals surface area contributed by atoms with Crippen LogP contribution in [0, 0.1) is 0 Å². The summed E-state index contributed by atoms with van der Waals surface area (Å²) in [5, 5.41) is 2.85. The molecule has 6 aromatic rings. The Balaban J connectivity index is 0.987. The second kappa shape index (κ2) is 9.93. The van der Waals surface area contributed by atoms with E-state index in [0.29, 0.717) is 5.92 Å². The number of benzene rings is 6. The van der Waals surface area contributed by atoms with E-state index < -0.39 is 0 Å². The smallest absolute Gasteiger partial charge is 0.0159 e. The zero-order valence-corrected chi connectivity index (χ0v) is 28.2. The second-order valence-electron chi connectivity index (χ2n) is 15.5. The van der Waals surface area contributed by atoms with Gasteiger partial charge in [-0.15, -0.1) is 0 Å². The molecule has 0 aromatic heterocycles. The normalized spacial score (nSPS) is 18.3. The van der Waals surface area contributed by atoms with Gasteiger partial charge in [0.25, 0.3) is 0 Å². The monoisotopic (exact) mass is 626 g/mol. The first-order valence-corrected chi connectivity index (χ1v) is 18.2. The zero-order chi connectivity index (χ0) is 32.4. The third-order valence-electron chi connectivity index (χ3n) is 12.6. The van der Waals surface area contributed by atoms with Crippen molar-refractivity contribution in [1.82, 2.24) is 0 Å². The molecule has 0 amide bonds. The van der Waals surface area contributed by atoms with E-state index in [1.807, 2.05) is 0 Å². The van der Waals surface area contributed by atoms with Crippen LogP contribution in [0.1, 0.15) is 83.5 Å². The van der Waals surface area contributed by atoms with Gasteiger partial charge < -0.3 is 0 Å². The molecule has 0 bridgehead atoms. The highest BCUT2D eigenvalue weighted by Gasteiger charge is 2.36. The Morgan fingerprint density at radius 2 is 1.35 bits per heavy atom. The topological polar surface area (TPSA) is 0 Å². The van der Waals surface area contributed by atoms with Crippen LogP contribution in [0.5, 0.6) is 0 Å². The van der Waals surface area contributed by atoms with Gasteiger partial charge in [0.05, 0.1) is 0 Å². The Hall–Kier alpha value is -5.20. The molecule has 0 heterocycles. The van der Waals surface area contributed by atoms with E-state index in [1.165, 1.54) is 113 Å². The Morgan fingerprint density at radius 3 is 2.24 bits per heavy atom. The van der Waals surface area contributed by atoms with Crippen molar-refractivity contribution < 1.29 is 0 Å². The van der Waals surface area contributed by atoms with Gasteiger partial charge in [-0.1, -0.05) is 123 Å². The van der Waals surface area contributed by atoms with E-state index in [-0.39, 0.29) is 5.41 Å². The largest absolute Gasteiger partial charge is 0.0833 e. The van der Waals surface area contributed by atoms with E-state index in [1.54, 1.807) is 11.1 Å². The van der Waals surface area contributed by atoms with Gasteiger partial charge in [0, 0.05) is 5.41 Å². The van der Waals surface area contributed by atoms with Crippen molar-refractivity contribution in [3.05, 3.63) is 160 Å². The van der Waals surface area contributed by atoms with Crippen molar-refractivity contribution in [2.24, 2.45) is 0 Å². The summed E-state index contributed by atoms with van der Waals surface area (Å²) in [6, 6.07) is 37.9. The van der Waals surface area contributed by atoms with Crippen molar-refractivity contribution in [3.8, 4) is 44.5 Å². The minimum Gasteiger partial charge on any atom is -0.0833 e. The lowest BCUT2D eigenvalue weighted by molar-refractivity contribution is 0.661. The van der Waals surface area contributed by atoms with Crippen LogP contribution in [0.2, 0.25) is 0 Å². The highest BCUT2D eigenvalue weighted by atomic mass is 14.4. The quantitative estimate of drug-likeness (QED) is 0.183. The van der Waals surface area contributed by atoms with Gasteiger partial charge in [-0.25, -0.2) is 0 Å². The molecule has 0 aliphatic heterocycles. The number of rotatable bonds is 3. The van der Waals surface area contributed by atoms with Gasteiger partial charge in [-0.05, 0) is 162 Å². The third-order valence-corrected chi connectivity index (χ3v) is 12.6. The van der Waals surface area contributed by atoms with Crippen molar-refractivity contribution >= 4 is 28.5 Å². The van der Waals surface area contributed by atoms with Crippen molar-refractivity contribution in [2.75, 3.05) is 0 Å². The summed E-state index contributed by atoms with van der Waals surface area (Å²) < 4.78 is 0. The van der Waals surface area contributed by atoms with E-state index in [0.717, 1.165) is 12.8 Å². The van der Waals surface area contributed by atoms with Crippen LogP contribution in [-0.2, 0) is 18.3 Å². The van der Waals surface area contributed by atoms with Crippen molar-refractivity contribution in [3.63, 3.8) is 0 Å². The molecule has 0 N–H and O–H groups in total. The average molecular weight is 627 g/mol. The van der Waals surface area contributed by atoms with Crippen LogP contribution in [0.25, 0.3) is 73.0 Å². The first kappa shape index (κ1) is 27.7. The first-order chi connectivity index (χ1) is 24.0. The molecule has 234 valence electrons. The minimum atomic E-state index is -0.0979. The SMILES string of the molecule is CC1(C)c2cc(-c3cccc(-c4ccc5c6c4C=CCC6CC5)c3)ccc2-c2ccc(-c3ccc4c5c6c(ccc35)C=CCC6=CC4)cc21. The first-order valence-electron chi connectivity index (χ1n) is 18.2. The highest BCUT2D eigenvalue weighted by Crippen LogP contribution is 2.52. The summed E-state index contributed by atoms with van der Waals surface area (Å²) in [5.41, 5.74) is 23.8.